The molecule has 0 N–H and O–H groups in total. The largest absolute Gasteiger partial charge is 0.300 e. The van der Waals surface area contributed by atoms with Crippen molar-refractivity contribution in [2.45, 2.75) is 57.4 Å². The molecule has 1 saturated heterocycles. The van der Waals surface area contributed by atoms with Crippen molar-refractivity contribution in [1.29, 1.82) is 0 Å². The number of hydrogen-bond donors (Lipinski definition) is 0. The van der Waals surface area contributed by atoms with E-state index >= 15 is 0 Å². The fraction of sp³-hybridized carbons (Fsp3) is 0.684. The SMILES string of the molecule is Cc1ccc(C2CCN(C3CC4CCC3C4)CC2)cc1. The van der Waals surface area contributed by atoms with Crippen LogP contribution in [0, 0.1) is 18.8 Å². The van der Waals surface area contributed by atoms with Crippen molar-refractivity contribution < 1.29 is 0 Å². The van der Waals surface area contributed by atoms with Crippen LogP contribution in [0.25, 0.3) is 0 Å². The van der Waals surface area contributed by atoms with Crippen LogP contribution in [0.1, 0.15) is 55.6 Å². The van der Waals surface area contributed by atoms with Gasteiger partial charge in [0, 0.05) is 6.04 Å². The molecule has 0 radical (unpaired) electrons. The third-order valence-electron chi connectivity index (χ3n) is 6.25. The first-order valence-corrected chi connectivity index (χ1v) is 8.60. The molecule has 1 aliphatic heterocycles. The summed E-state index contributed by atoms with van der Waals surface area (Å²) in [5.74, 6) is 2.95. The summed E-state index contributed by atoms with van der Waals surface area (Å²) < 4.78 is 0. The Hall–Kier alpha value is -0.820. The van der Waals surface area contributed by atoms with Crippen molar-refractivity contribution in [1.82, 2.24) is 4.90 Å². The summed E-state index contributed by atoms with van der Waals surface area (Å²) in [5, 5.41) is 0. The predicted molar refractivity (Wildman–Crippen MR) is 84.0 cm³/mol. The molecule has 2 saturated carbocycles. The van der Waals surface area contributed by atoms with E-state index in [4.69, 9.17) is 0 Å². The molecule has 2 aliphatic carbocycles. The fourth-order valence-electron chi connectivity index (χ4n) is 5.06. The van der Waals surface area contributed by atoms with Gasteiger partial charge in [0.25, 0.3) is 0 Å². The molecule has 3 unspecified atom stereocenters. The highest BCUT2D eigenvalue weighted by Crippen LogP contribution is 2.47. The van der Waals surface area contributed by atoms with Crippen molar-refractivity contribution >= 4 is 0 Å². The van der Waals surface area contributed by atoms with Gasteiger partial charge in [-0.25, -0.2) is 0 Å². The molecule has 108 valence electrons. The number of rotatable bonds is 2. The van der Waals surface area contributed by atoms with Crippen molar-refractivity contribution in [3.63, 3.8) is 0 Å². The number of hydrogen-bond acceptors (Lipinski definition) is 1. The van der Waals surface area contributed by atoms with Gasteiger partial charge in [0.1, 0.15) is 0 Å². The number of fused-ring (bicyclic) bond motifs is 2. The summed E-state index contributed by atoms with van der Waals surface area (Å²) in [7, 11) is 0. The van der Waals surface area contributed by atoms with Crippen LogP contribution in [-0.4, -0.2) is 24.0 Å². The highest BCUT2D eigenvalue weighted by Gasteiger charge is 2.42. The first kappa shape index (κ1) is 12.9. The Kier molecular flexibility index (Phi) is 3.34. The van der Waals surface area contributed by atoms with E-state index in [0.29, 0.717) is 0 Å². The van der Waals surface area contributed by atoms with Gasteiger partial charge >= 0.3 is 0 Å². The molecule has 0 spiro atoms. The zero-order valence-electron chi connectivity index (χ0n) is 12.7. The lowest BCUT2D eigenvalue weighted by atomic mass is 9.86. The van der Waals surface area contributed by atoms with Crippen LogP contribution < -0.4 is 0 Å². The van der Waals surface area contributed by atoms with Crippen LogP contribution in [-0.2, 0) is 0 Å². The summed E-state index contributed by atoms with van der Waals surface area (Å²) in [6.07, 6.45) is 8.85. The van der Waals surface area contributed by atoms with E-state index < -0.39 is 0 Å². The third kappa shape index (κ3) is 2.30. The van der Waals surface area contributed by atoms with Crippen LogP contribution in [0.5, 0.6) is 0 Å². The molecule has 3 fully saturated rings. The summed E-state index contributed by atoms with van der Waals surface area (Å²) in [6, 6.07) is 10.2. The molecular formula is C19H27N. The molecule has 1 aromatic rings. The summed E-state index contributed by atoms with van der Waals surface area (Å²) >= 11 is 0. The number of likely N-dealkylation sites (tertiary alicyclic amines) is 1. The van der Waals surface area contributed by atoms with Gasteiger partial charge in [-0.2, -0.15) is 0 Å². The fourth-order valence-corrected chi connectivity index (χ4v) is 5.06. The highest BCUT2D eigenvalue weighted by atomic mass is 15.2. The molecule has 4 rings (SSSR count). The molecule has 3 aliphatic rings. The number of benzene rings is 1. The van der Waals surface area contributed by atoms with Gasteiger partial charge in [0.2, 0.25) is 0 Å². The van der Waals surface area contributed by atoms with Crippen molar-refractivity contribution in [2.75, 3.05) is 13.1 Å². The average Bonchev–Trinajstić information content (AvgIpc) is 3.11. The maximum atomic E-state index is 2.84. The Labute approximate surface area is 123 Å². The lowest BCUT2D eigenvalue weighted by molar-refractivity contribution is 0.111. The topological polar surface area (TPSA) is 3.24 Å². The van der Waals surface area contributed by atoms with E-state index in [1.54, 1.807) is 12.0 Å². The standard InChI is InChI=1S/C19H27N/c1-14-2-5-16(6-3-14)17-8-10-20(11-9-17)19-13-15-4-7-18(19)12-15/h2-3,5-6,15,17-19H,4,7-13H2,1H3. The lowest BCUT2D eigenvalue weighted by Crippen LogP contribution is -2.43. The summed E-state index contributed by atoms with van der Waals surface area (Å²) in [5.41, 5.74) is 2.95. The van der Waals surface area contributed by atoms with Crippen molar-refractivity contribution in [2.24, 2.45) is 11.8 Å². The maximum Gasteiger partial charge on any atom is 0.0126 e. The van der Waals surface area contributed by atoms with Gasteiger partial charge in [-0.1, -0.05) is 36.2 Å². The van der Waals surface area contributed by atoms with Gasteiger partial charge in [-0.15, -0.1) is 0 Å². The normalized spacial score (nSPS) is 34.8. The van der Waals surface area contributed by atoms with E-state index in [9.17, 15) is 0 Å². The van der Waals surface area contributed by atoms with E-state index in [-0.39, 0.29) is 0 Å². The van der Waals surface area contributed by atoms with Gasteiger partial charge in [-0.05, 0) is 75.4 Å². The molecular weight excluding hydrogens is 242 g/mol. The molecule has 20 heavy (non-hydrogen) atoms. The Morgan fingerprint density at radius 3 is 2.25 bits per heavy atom. The van der Waals surface area contributed by atoms with E-state index in [1.165, 1.54) is 50.8 Å². The molecule has 1 nitrogen and oxygen atoms in total. The summed E-state index contributed by atoms with van der Waals surface area (Å²) in [4.78, 5) is 2.84. The molecule has 0 aromatic heterocycles. The second-order valence-corrected chi connectivity index (χ2v) is 7.46. The van der Waals surface area contributed by atoms with Crippen molar-refractivity contribution in [3.8, 4) is 0 Å². The first-order valence-electron chi connectivity index (χ1n) is 8.60. The zero-order chi connectivity index (χ0) is 13.5. The monoisotopic (exact) mass is 269 g/mol. The van der Waals surface area contributed by atoms with Crippen LogP contribution in [0.4, 0.5) is 0 Å². The number of nitrogens with zero attached hydrogens (tertiary/aromatic N) is 1. The van der Waals surface area contributed by atoms with E-state index in [0.717, 1.165) is 23.8 Å². The smallest absolute Gasteiger partial charge is 0.0126 e. The Bertz CT molecular complexity index is 455. The summed E-state index contributed by atoms with van der Waals surface area (Å²) in [6.45, 7) is 4.86. The lowest BCUT2D eigenvalue weighted by Gasteiger charge is -2.39. The van der Waals surface area contributed by atoms with Gasteiger partial charge < -0.3 is 4.90 Å². The van der Waals surface area contributed by atoms with Crippen LogP contribution in [0.2, 0.25) is 0 Å². The minimum absolute atomic E-state index is 0.811. The highest BCUT2D eigenvalue weighted by molar-refractivity contribution is 5.25. The molecule has 0 amide bonds. The second-order valence-electron chi connectivity index (χ2n) is 7.46. The Morgan fingerprint density at radius 2 is 1.65 bits per heavy atom. The molecule has 1 aromatic carbocycles. The molecule has 3 atom stereocenters. The number of piperidine rings is 1. The minimum atomic E-state index is 0.811. The predicted octanol–water partition coefficient (Wildman–Crippen LogP) is 4.36. The zero-order valence-corrected chi connectivity index (χ0v) is 12.7. The van der Waals surface area contributed by atoms with Crippen LogP contribution >= 0.6 is 0 Å². The van der Waals surface area contributed by atoms with Crippen molar-refractivity contribution in [3.05, 3.63) is 35.4 Å². The van der Waals surface area contributed by atoms with Gasteiger partial charge in [0.15, 0.2) is 0 Å². The van der Waals surface area contributed by atoms with Gasteiger partial charge in [-0.3, -0.25) is 0 Å². The van der Waals surface area contributed by atoms with Crippen LogP contribution in [0.3, 0.4) is 0 Å². The number of aryl methyl sites for hydroxylation is 1. The van der Waals surface area contributed by atoms with Crippen LogP contribution in [0.15, 0.2) is 24.3 Å². The van der Waals surface area contributed by atoms with E-state index in [1.807, 2.05) is 0 Å². The Morgan fingerprint density at radius 1 is 0.900 bits per heavy atom. The molecule has 2 bridgehead atoms. The second kappa shape index (κ2) is 5.18. The average molecular weight is 269 g/mol. The first-order chi connectivity index (χ1) is 9.79. The minimum Gasteiger partial charge on any atom is -0.300 e. The maximum absolute atomic E-state index is 2.84. The molecule has 1 heteroatoms. The van der Waals surface area contributed by atoms with E-state index in [2.05, 4.69) is 36.1 Å². The van der Waals surface area contributed by atoms with Gasteiger partial charge in [0.05, 0.1) is 0 Å². The third-order valence-corrected chi connectivity index (χ3v) is 6.25. The quantitative estimate of drug-likeness (QED) is 0.771. The Balaban J connectivity index is 1.37. The molecule has 1 heterocycles.